The summed E-state index contributed by atoms with van der Waals surface area (Å²) in [5, 5.41) is 8.64. The van der Waals surface area contributed by atoms with Crippen molar-refractivity contribution >= 4 is 7.26 Å². The summed E-state index contributed by atoms with van der Waals surface area (Å²) in [5.41, 5.74) is 0. The van der Waals surface area contributed by atoms with Crippen LogP contribution in [0.1, 0.15) is 41.5 Å². The average molecular weight is 271 g/mol. The fraction of sp³-hybridized carbons (Fsp3) is 0.833. The first-order valence-corrected chi connectivity index (χ1v) is 7.79. The number of rotatable bonds is 1. The maximum Gasteiger partial charge on any atom is 0.452 e. The molecule has 1 nitrogen and oxygen atoms in total. The molecule has 0 aromatic heterocycles. The summed E-state index contributed by atoms with van der Waals surface area (Å²) >= 11 is 0. The number of aliphatic hydroxyl groups is 1. The number of hydrogen-bond acceptors (Lipinski definition) is 1. The summed E-state index contributed by atoms with van der Waals surface area (Å²) in [6, 6.07) is 0. The van der Waals surface area contributed by atoms with Gasteiger partial charge in [-0.1, -0.05) is 0 Å². The third kappa shape index (κ3) is 3.61. The van der Waals surface area contributed by atoms with Gasteiger partial charge >= 0.3 is 6.18 Å². The van der Waals surface area contributed by atoms with Crippen molar-refractivity contribution in [3.63, 3.8) is 0 Å². The number of alkyl halides is 3. The number of hydrogen-bond donors (Lipinski definition) is 1. The molecule has 0 unspecified atom stereocenters. The summed E-state index contributed by atoms with van der Waals surface area (Å²) in [6.07, 6.45) is -4.65. The highest BCUT2D eigenvalue weighted by molar-refractivity contribution is 7.80. The maximum absolute atomic E-state index is 12.5. The van der Waals surface area contributed by atoms with Gasteiger partial charge in [-0.2, -0.15) is 13.2 Å². The number of allylic oxidation sites excluding steroid dienone is 1. The van der Waals surface area contributed by atoms with Gasteiger partial charge in [-0.3, -0.25) is 0 Å². The van der Waals surface area contributed by atoms with Gasteiger partial charge in [-0.25, -0.2) is 0 Å². The predicted molar refractivity (Wildman–Crippen MR) is 69.1 cm³/mol. The van der Waals surface area contributed by atoms with E-state index in [-0.39, 0.29) is 10.3 Å². The van der Waals surface area contributed by atoms with E-state index in [1.807, 2.05) is 48.2 Å². The van der Waals surface area contributed by atoms with Gasteiger partial charge in [0.2, 0.25) is 5.76 Å². The van der Waals surface area contributed by atoms with Gasteiger partial charge in [0.05, 0.1) is 24.2 Å². The first kappa shape index (κ1) is 16.8. The van der Waals surface area contributed by atoms with Crippen molar-refractivity contribution < 1.29 is 18.3 Å². The Kier molecular flexibility index (Phi) is 4.39. The van der Waals surface area contributed by atoms with Crippen LogP contribution in [-0.4, -0.2) is 28.3 Å². The van der Waals surface area contributed by atoms with Crippen LogP contribution >= 0.6 is 7.26 Å². The Morgan fingerprint density at radius 1 is 0.941 bits per heavy atom. The van der Waals surface area contributed by atoms with Crippen LogP contribution in [0.2, 0.25) is 0 Å². The van der Waals surface area contributed by atoms with Crippen LogP contribution < -0.4 is 0 Å². The zero-order chi connectivity index (χ0) is 14.3. The van der Waals surface area contributed by atoms with Crippen molar-refractivity contribution in [2.75, 3.05) is 6.66 Å². The molecule has 0 heterocycles. The second-order valence-electron chi connectivity index (χ2n) is 6.43. The quantitative estimate of drug-likeness (QED) is 0.514. The third-order valence-corrected chi connectivity index (χ3v) is 9.79. The third-order valence-electron chi connectivity index (χ3n) is 3.46. The van der Waals surface area contributed by atoms with E-state index in [1.54, 1.807) is 0 Å². The lowest BCUT2D eigenvalue weighted by Crippen LogP contribution is -2.32. The molecule has 1 N–H and O–H groups in total. The lowest BCUT2D eigenvalue weighted by molar-refractivity contribution is -0.120. The Labute approximate surface area is 102 Å². The Morgan fingerprint density at radius 2 is 1.24 bits per heavy atom. The topological polar surface area (TPSA) is 20.2 Å². The zero-order valence-corrected chi connectivity index (χ0v) is 12.5. The molecule has 0 atom stereocenters. The molecule has 0 aliphatic carbocycles. The molecule has 0 aromatic carbocycles. The van der Waals surface area contributed by atoms with Crippen LogP contribution in [0.3, 0.4) is 0 Å². The fourth-order valence-corrected chi connectivity index (χ4v) is 5.13. The molecular formula is C12H23F3OP+. The summed E-state index contributed by atoms with van der Waals surface area (Å²) in [7, 11) is -2.12. The SMILES string of the molecule is CC(C)(C)[P+](C)(/C=C(\O)C(F)(F)F)C(C)(C)C. The Morgan fingerprint density at radius 3 is 1.41 bits per heavy atom. The van der Waals surface area contributed by atoms with Crippen LogP contribution in [0.4, 0.5) is 13.2 Å². The molecule has 0 saturated heterocycles. The molecular weight excluding hydrogens is 248 g/mol. The largest absolute Gasteiger partial charge is 0.502 e. The molecule has 0 aromatic rings. The van der Waals surface area contributed by atoms with E-state index in [4.69, 9.17) is 0 Å². The van der Waals surface area contributed by atoms with E-state index in [1.165, 1.54) is 0 Å². The molecule has 17 heavy (non-hydrogen) atoms. The average Bonchev–Trinajstić information content (AvgIpc) is 1.97. The lowest BCUT2D eigenvalue weighted by Gasteiger charge is -2.42. The fourth-order valence-electron chi connectivity index (χ4n) is 1.71. The highest BCUT2D eigenvalue weighted by Crippen LogP contribution is 2.75. The van der Waals surface area contributed by atoms with Crippen LogP contribution in [0.5, 0.6) is 0 Å². The van der Waals surface area contributed by atoms with Gasteiger partial charge in [0, 0.05) is 0 Å². The van der Waals surface area contributed by atoms with Crippen LogP contribution in [0.15, 0.2) is 11.6 Å². The second-order valence-corrected chi connectivity index (χ2v) is 11.5. The van der Waals surface area contributed by atoms with E-state index >= 15 is 0 Å². The van der Waals surface area contributed by atoms with Gasteiger partial charge in [0.25, 0.3) is 0 Å². The van der Waals surface area contributed by atoms with Crippen molar-refractivity contribution in [1.82, 2.24) is 0 Å². The maximum atomic E-state index is 12.5. The smallest absolute Gasteiger partial charge is 0.452 e. The van der Waals surface area contributed by atoms with E-state index < -0.39 is 19.2 Å². The molecule has 0 saturated carbocycles. The van der Waals surface area contributed by atoms with Gasteiger partial charge in [-0.05, 0) is 41.5 Å². The summed E-state index contributed by atoms with van der Waals surface area (Å²) in [5.74, 6) is -0.398. The van der Waals surface area contributed by atoms with E-state index in [0.29, 0.717) is 0 Å². The van der Waals surface area contributed by atoms with Crippen molar-refractivity contribution in [2.24, 2.45) is 0 Å². The first-order chi connectivity index (χ1) is 7.13. The van der Waals surface area contributed by atoms with E-state index in [0.717, 1.165) is 5.82 Å². The summed E-state index contributed by atoms with van der Waals surface area (Å²) in [4.78, 5) is 0. The van der Waals surface area contributed by atoms with Crippen LogP contribution in [-0.2, 0) is 0 Å². The van der Waals surface area contributed by atoms with Crippen molar-refractivity contribution in [1.29, 1.82) is 0 Å². The van der Waals surface area contributed by atoms with Gasteiger partial charge in [0.15, 0.2) is 0 Å². The molecule has 0 fully saturated rings. The zero-order valence-electron chi connectivity index (χ0n) is 11.6. The van der Waals surface area contributed by atoms with Gasteiger partial charge in [-0.15, -0.1) is 0 Å². The van der Waals surface area contributed by atoms with Crippen LogP contribution in [0.25, 0.3) is 0 Å². The normalized spacial score (nSPS) is 16.2. The predicted octanol–water partition coefficient (Wildman–Crippen LogP) is 5.19. The van der Waals surface area contributed by atoms with Crippen molar-refractivity contribution in [3.8, 4) is 0 Å². The lowest BCUT2D eigenvalue weighted by atomic mass is 10.2. The monoisotopic (exact) mass is 271 g/mol. The van der Waals surface area contributed by atoms with Gasteiger partial charge < -0.3 is 5.11 Å². The Hall–Kier alpha value is -0.240. The molecule has 0 aliphatic heterocycles. The molecule has 0 spiro atoms. The molecule has 102 valence electrons. The molecule has 0 bridgehead atoms. The minimum absolute atomic E-state index is 0.287. The minimum Gasteiger partial charge on any atom is -0.502 e. The number of aliphatic hydroxyl groups excluding tert-OH is 1. The number of halogens is 3. The Bertz CT molecular complexity index is 291. The van der Waals surface area contributed by atoms with Crippen molar-refractivity contribution in [3.05, 3.63) is 11.6 Å². The van der Waals surface area contributed by atoms with E-state index in [9.17, 15) is 18.3 Å². The molecule has 0 amide bonds. The molecule has 0 aliphatic rings. The van der Waals surface area contributed by atoms with E-state index in [2.05, 4.69) is 0 Å². The molecule has 0 rings (SSSR count). The van der Waals surface area contributed by atoms with Crippen LogP contribution in [0, 0.1) is 0 Å². The highest BCUT2D eigenvalue weighted by Gasteiger charge is 2.54. The first-order valence-electron chi connectivity index (χ1n) is 5.48. The summed E-state index contributed by atoms with van der Waals surface area (Å²) < 4.78 is 37.4. The molecule has 5 heteroatoms. The minimum atomic E-state index is -4.65. The van der Waals surface area contributed by atoms with Crippen molar-refractivity contribution in [2.45, 2.75) is 58.0 Å². The van der Waals surface area contributed by atoms with Gasteiger partial charge in [0.1, 0.15) is 5.82 Å². The Balaban J connectivity index is 5.73. The standard InChI is InChI=1S/C12H22F3OP/c1-10(2,3)17(7,11(4,5)6)8-9(16)12(13,14)15/h8H,1-7H3/p+1/b9-8-. The highest BCUT2D eigenvalue weighted by atomic mass is 31.2. The second kappa shape index (κ2) is 4.46. The molecule has 0 radical (unpaired) electrons. The summed E-state index contributed by atoms with van der Waals surface area (Å²) in [6.45, 7) is 13.4.